The molecule has 0 fully saturated rings. The molecule has 2 heterocycles. The normalized spacial score (nSPS) is 11.8. The van der Waals surface area contributed by atoms with Crippen molar-refractivity contribution in [1.29, 1.82) is 0 Å². The van der Waals surface area contributed by atoms with Crippen LogP contribution in [-0.2, 0) is 6.54 Å². The van der Waals surface area contributed by atoms with E-state index in [9.17, 15) is 4.79 Å². The lowest BCUT2D eigenvalue weighted by atomic mass is 10.1. The first-order valence-electron chi connectivity index (χ1n) is 6.93. The summed E-state index contributed by atoms with van der Waals surface area (Å²) < 4.78 is 0. The molecule has 0 radical (unpaired) electrons. The van der Waals surface area contributed by atoms with Gasteiger partial charge in [0.1, 0.15) is 0 Å². The van der Waals surface area contributed by atoms with Gasteiger partial charge in [-0.15, -0.1) is 0 Å². The monoisotopic (exact) mass is 293 g/mol. The number of amides is 1. The van der Waals surface area contributed by atoms with Gasteiger partial charge in [0.15, 0.2) is 0 Å². The minimum Gasteiger partial charge on any atom is -0.343 e. The third-order valence-corrected chi connectivity index (χ3v) is 3.26. The van der Waals surface area contributed by atoms with E-state index in [0.29, 0.717) is 12.1 Å². The van der Waals surface area contributed by atoms with Crippen molar-refractivity contribution in [1.82, 2.24) is 25.3 Å². The molecule has 0 aliphatic rings. The third-order valence-electron chi connectivity index (χ3n) is 3.26. The van der Waals surface area contributed by atoms with Gasteiger partial charge in [-0.25, -0.2) is 0 Å². The van der Waals surface area contributed by atoms with E-state index in [0.717, 1.165) is 5.56 Å². The summed E-state index contributed by atoms with van der Waals surface area (Å²) in [6.07, 6.45) is 6.43. The van der Waals surface area contributed by atoms with Gasteiger partial charge in [-0.3, -0.25) is 9.78 Å². The van der Waals surface area contributed by atoms with Crippen molar-refractivity contribution in [3.63, 3.8) is 0 Å². The van der Waals surface area contributed by atoms with Crippen molar-refractivity contribution in [3.8, 4) is 0 Å². The average Bonchev–Trinajstić information content (AvgIpc) is 3.09. The smallest absolute Gasteiger partial charge is 0.251 e. The van der Waals surface area contributed by atoms with Crippen LogP contribution in [0.25, 0.3) is 0 Å². The highest BCUT2D eigenvalue weighted by molar-refractivity contribution is 5.94. The molecule has 3 rings (SSSR count). The first-order valence-corrected chi connectivity index (χ1v) is 6.93. The maximum absolute atomic E-state index is 12.4. The summed E-state index contributed by atoms with van der Waals surface area (Å²) in [6, 6.07) is 12.9. The van der Waals surface area contributed by atoms with Gasteiger partial charge in [0, 0.05) is 18.0 Å². The van der Waals surface area contributed by atoms with Crippen LogP contribution < -0.4 is 5.32 Å². The molecule has 6 heteroatoms. The Kier molecular flexibility index (Phi) is 4.20. The van der Waals surface area contributed by atoms with Crippen LogP contribution in [0.1, 0.15) is 22.0 Å². The molecule has 0 saturated carbocycles. The summed E-state index contributed by atoms with van der Waals surface area (Å²) >= 11 is 0. The first-order chi connectivity index (χ1) is 10.8. The van der Waals surface area contributed by atoms with Crippen LogP contribution in [0.3, 0.4) is 0 Å². The van der Waals surface area contributed by atoms with Crippen LogP contribution in [0, 0.1) is 0 Å². The lowest BCUT2D eigenvalue weighted by Gasteiger charge is -2.18. The highest BCUT2D eigenvalue weighted by Gasteiger charge is 2.17. The van der Waals surface area contributed by atoms with E-state index in [-0.39, 0.29) is 11.9 Å². The Balaban J connectivity index is 1.81. The van der Waals surface area contributed by atoms with Crippen LogP contribution in [-0.4, -0.2) is 25.9 Å². The molecule has 110 valence electrons. The molecule has 2 aromatic heterocycles. The SMILES string of the molecule is O=C(NC(Cn1nccn1)c1ccccc1)c1ccncc1. The average molecular weight is 293 g/mol. The predicted octanol–water partition coefficient (Wildman–Crippen LogP) is 1.84. The summed E-state index contributed by atoms with van der Waals surface area (Å²) in [5.41, 5.74) is 1.58. The second kappa shape index (κ2) is 6.62. The lowest BCUT2D eigenvalue weighted by molar-refractivity contribution is 0.0930. The molecule has 0 spiro atoms. The van der Waals surface area contributed by atoms with Crippen LogP contribution in [0.4, 0.5) is 0 Å². The molecular weight excluding hydrogens is 278 g/mol. The maximum Gasteiger partial charge on any atom is 0.251 e. The highest BCUT2D eigenvalue weighted by Crippen LogP contribution is 2.15. The molecule has 6 nitrogen and oxygen atoms in total. The van der Waals surface area contributed by atoms with E-state index in [4.69, 9.17) is 0 Å². The second-order valence-corrected chi connectivity index (χ2v) is 4.76. The number of nitrogens with one attached hydrogen (secondary N) is 1. The van der Waals surface area contributed by atoms with Gasteiger partial charge in [-0.1, -0.05) is 30.3 Å². The Hall–Kier alpha value is -3.02. The molecule has 22 heavy (non-hydrogen) atoms. The van der Waals surface area contributed by atoms with Gasteiger partial charge in [0.25, 0.3) is 5.91 Å². The van der Waals surface area contributed by atoms with Gasteiger partial charge in [0.05, 0.1) is 25.0 Å². The van der Waals surface area contributed by atoms with Gasteiger partial charge in [-0.05, 0) is 17.7 Å². The number of rotatable bonds is 5. The van der Waals surface area contributed by atoms with E-state index in [1.165, 1.54) is 0 Å². The fraction of sp³-hybridized carbons (Fsp3) is 0.125. The van der Waals surface area contributed by atoms with Gasteiger partial charge < -0.3 is 5.32 Å². The zero-order valence-electron chi connectivity index (χ0n) is 11.8. The molecule has 3 aromatic rings. The second-order valence-electron chi connectivity index (χ2n) is 4.76. The van der Waals surface area contributed by atoms with Gasteiger partial charge >= 0.3 is 0 Å². The lowest BCUT2D eigenvalue weighted by Crippen LogP contribution is -2.32. The highest BCUT2D eigenvalue weighted by atomic mass is 16.1. The molecular formula is C16H15N5O. The number of aromatic nitrogens is 4. The van der Waals surface area contributed by atoms with Crippen molar-refractivity contribution in [2.45, 2.75) is 12.6 Å². The van der Waals surface area contributed by atoms with Crippen LogP contribution >= 0.6 is 0 Å². The zero-order chi connectivity index (χ0) is 15.2. The Morgan fingerprint density at radius 3 is 2.36 bits per heavy atom. The molecule has 1 atom stereocenters. The summed E-state index contributed by atoms with van der Waals surface area (Å²) in [5, 5.41) is 11.2. The molecule has 0 aliphatic heterocycles. The topological polar surface area (TPSA) is 72.7 Å². The minimum atomic E-state index is -0.214. The quantitative estimate of drug-likeness (QED) is 0.779. The van der Waals surface area contributed by atoms with Crippen molar-refractivity contribution in [2.24, 2.45) is 0 Å². The van der Waals surface area contributed by atoms with E-state index in [1.54, 1.807) is 41.7 Å². The Labute approximate surface area is 127 Å². The molecule has 0 saturated heterocycles. The van der Waals surface area contributed by atoms with E-state index in [2.05, 4.69) is 20.5 Å². The maximum atomic E-state index is 12.4. The van der Waals surface area contributed by atoms with E-state index >= 15 is 0 Å². The number of carbonyl (C=O) groups is 1. The molecule has 0 bridgehead atoms. The summed E-state index contributed by atoms with van der Waals surface area (Å²) in [5.74, 6) is -0.150. The van der Waals surface area contributed by atoms with Crippen LogP contribution in [0.2, 0.25) is 0 Å². The number of nitrogens with zero attached hydrogens (tertiary/aromatic N) is 4. The largest absolute Gasteiger partial charge is 0.343 e. The zero-order valence-corrected chi connectivity index (χ0v) is 11.8. The first kappa shape index (κ1) is 13.9. The Morgan fingerprint density at radius 2 is 1.68 bits per heavy atom. The molecule has 1 aromatic carbocycles. The van der Waals surface area contributed by atoms with Crippen molar-refractivity contribution in [2.75, 3.05) is 0 Å². The minimum absolute atomic E-state index is 0.150. The standard InChI is InChI=1S/C16H15N5O/c22-16(14-6-8-17-9-7-14)20-15(12-21-18-10-11-19-21)13-4-2-1-3-5-13/h1-11,15H,12H2,(H,20,22). The Morgan fingerprint density at radius 1 is 1.00 bits per heavy atom. The molecule has 1 unspecified atom stereocenters. The van der Waals surface area contributed by atoms with E-state index < -0.39 is 0 Å². The van der Waals surface area contributed by atoms with E-state index in [1.807, 2.05) is 30.3 Å². The van der Waals surface area contributed by atoms with Gasteiger partial charge in [0.2, 0.25) is 0 Å². The van der Waals surface area contributed by atoms with Crippen molar-refractivity contribution < 1.29 is 4.79 Å². The van der Waals surface area contributed by atoms with Crippen molar-refractivity contribution >= 4 is 5.91 Å². The van der Waals surface area contributed by atoms with Crippen molar-refractivity contribution in [3.05, 3.63) is 78.4 Å². The number of pyridine rings is 1. The van der Waals surface area contributed by atoms with Crippen LogP contribution in [0.5, 0.6) is 0 Å². The number of benzene rings is 1. The fourth-order valence-corrected chi connectivity index (χ4v) is 2.17. The number of hydrogen-bond acceptors (Lipinski definition) is 4. The number of carbonyl (C=O) groups excluding carboxylic acids is 1. The summed E-state index contributed by atoms with van der Waals surface area (Å²) in [4.78, 5) is 17.8. The van der Waals surface area contributed by atoms with Gasteiger partial charge in [-0.2, -0.15) is 15.0 Å². The summed E-state index contributed by atoms with van der Waals surface area (Å²) in [7, 11) is 0. The fourth-order valence-electron chi connectivity index (χ4n) is 2.17. The summed E-state index contributed by atoms with van der Waals surface area (Å²) in [6.45, 7) is 0.466. The molecule has 1 N–H and O–H groups in total. The predicted molar refractivity (Wildman–Crippen MR) is 80.9 cm³/mol. The third kappa shape index (κ3) is 3.35. The number of hydrogen-bond donors (Lipinski definition) is 1. The van der Waals surface area contributed by atoms with Crippen LogP contribution in [0.15, 0.2) is 67.3 Å². The molecule has 1 amide bonds. The molecule has 0 aliphatic carbocycles. The Bertz CT molecular complexity index is 713.